The maximum Gasteiger partial charge on any atom is 0.270 e. The zero-order chi connectivity index (χ0) is 13.3. The number of halogens is 1. The molecule has 100 valence electrons. The first-order valence-corrected chi connectivity index (χ1v) is 7.37. The second kappa shape index (κ2) is 5.08. The molecule has 1 aliphatic heterocycles. The highest BCUT2D eigenvalue weighted by Gasteiger charge is 2.30. The molecule has 1 aromatic heterocycles. The predicted molar refractivity (Wildman–Crippen MR) is 76.7 cm³/mol. The van der Waals surface area contributed by atoms with Crippen LogP contribution in [0.4, 0.5) is 0 Å². The molecule has 1 aliphatic rings. The molecule has 1 aromatic rings. The van der Waals surface area contributed by atoms with Gasteiger partial charge in [0.05, 0.1) is 0 Å². The first-order chi connectivity index (χ1) is 8.43. The summed E-state index contributed by atoms with van der Waals surface area (Å²) in [6.45, 7) is 9.10. The van der Waals surface area contributed by atoms with E-state index in [0.29, 0.717) is 0 Å². The highest BCUT2D eigenvalue weighted by atomic mass is 79.9. The number of carbonyl (C=O) groups is 1. The fraction of sp³-hybridized carbons (Fsp3) is 0.643. The fourth-order valence-corrected chi connectivity index (χ4v) is 3.14. The predicted octanol–water partition coefficient (Wildman–Crippen LogP) is 3.53. The summed E-state index contributed by atoms with van der Waals surface area (Å²) in [6, 6.07) is 1.92. The average Bonchev–Trinajstić information content (AvgIpc) is 2.68. The van der Waals surface area contributed by atoms with Gasteiger partial charge < -0.3 is 9.47 Å². The van der Waals surface area contributed by atoms with Gasteiger partial charge >= 0.3 is 0 Å². The van der Waals surface area contributed by atoms with Gasteiger partial charge in [-0.15, -0.1) is 0 Å². The van der Waals surface area contributed by atoms with Crippen molar-refractivity contribution in [1.29, 1.82) is 0 Å². The third kappa shape index (κ3) is 2.79. The number of nitrogens with zero attached hydrogens (tertiary/aromatic N) is 2. The van der Waals surface area contributed by atoms with Crippen LogP contribution in [0.2, 0.25) is 0 Å². The SMILES string of the molecule is CCn1cc(Br)cc1C(=O)N1CCCC(C)(C)C1. The van der Waals surface area contributed by atoms with E-state index in [1.54, 1.807) is 0 Å². The van der Waals surface area contributed by atoms with Gasteiger partial charge in [-0.3, -0.25) is 4.79 Å². The zero-order valence-electron chi connectivity index (χ0n) is 11.4. The number of piperidine rings is 1. The van der Waals surface area contributed by atoms with Gasteiger partial charge in [-0.2, -0.15) is 0 Å². The average molecular weight is 313 g/mol. The van der Waals surface area contributed by atoms with Gasteiger partial charge in [-0.25, -0.2) is 0 Å². The molecule has 0 spiro atoms. The van der Waals surface area contributed by atoms with Crippen LogP contribution in [0.15, 0.2) is 16.7 Å². The Morgan fingerprint density at radius 2 is 2.22 bits per heavy atom. The smallest absolute Gasteiger partial charge is 0.270 e. The van der Waals surface area contributed by atoms with Crippen molar-refractivity contribution in [1.82, 2.24) is 9.47 Å². The van der Waals surface area contributed by atoms with E-state index in [4.69, 9.17) is 0 Å². The van der Waals surface area contributed by atoms with Crippen LogP contribution >= 0.6 is 15.9 Å². The van der Waals surface area contributed by atoms with E-state index in [2.05, 4.69) is 36.7 Å². The molecule has 2 heterocycles. The van der Waals surface area contributed by atoms with E-state index in [9.17, 15) is 4.79 Å². The Balaban J connectivity index is 2.20. The molecule has 0 aliphatic carbocycles. The van der Waals surface area contributed by atoms with E-state index >= 15 is 0 Å². The normalized spacial score (nSPS) is 19.0. The Kier molecular flexibility index (Phi) is 3.85. The van der Waals surface area contributed by atoms with E-state index in [1.807, 2.05) is 21.7 Å². The molecule has 4 heteroatoms. The maximum atomic E-state index is 12.6. The molecule has 0 N–H and O–H groups in total. The lowest BCUT2D eigenvalue weighted by atomic mass is 9.84. The molecule has 1 fully saturated rings. The van der Waals surface area contributed by atoms with Crippen molar-refractivity contribution >= 4 is 21.8 Å². The van der Waals surface area contributed by atoms with Crippen LogP contribution in [0.3, 0.4) is 0 Å². The third-order valence-electron chi connectivity index (χ3n) is 3.61. The van der Waals surface area contributed by atoms with Gasteiger partial charge in [0.15, 0.2) is 0 Å². The molecule has 3 nitrogen and oxygen atoms in total. The van der Waals surface area contributed by atoms with Crippen LogP contribution in [0.5, 0.6) is 0 Å². The van der Waals surface area contributed by atoms with Crippen LogP contribution in [-0.4, -0.2) is 28.5 Å². The summed E-state index contributed by atoms with van der Waals surface area (Å²) in [5.41, 5.74) is 1.04. The molecule has 0 aromatic carbocycles. The van der Waals surface area contributed by atoms with Crippen molar-refractivity contribution in [3.05, 3.63) is 22.4 Å². The van der Waals surface area contributed by atoms with Crippen LogP contribution in [0.1, 0.15) is 44.1 Å². The molecule has 0 atom stereocenters. The van der Waals surface area contributed by atoms with Gasteiger partial charge in [-0.1, -0.05) is 13.8 Å². The number of amides is 1. The molecule has 2 rings (SSSR count). The number of aryl methyl sites for hydroxylation is 1. The number of likely N-dealkylation sites (tertiary alicyclic amines) is 1. The van der Waals surface area contributed by atoms with Crippen LogP contribution in [0.25, 0.3) is 0 Å². The molecule has 0 bridgehead atoms. The molecular formula is C14H21BrN2O. The number of hydrogen-bond acceptors (Lipinski definition) is 1. The van der Waals surface area contributed by atoms with Gasteiger partial charge in [-0.05, 0) is 47.2 Å². The second-order valence-corrected chi connectivity index (χ2v) is 6.74. The largest absolute Gasteiger partial charge is 0.343 e. The number of carbonyl (C=O) groups excluding carboxylic acids is 1. The van der Waals surface area contributed by atoms with Crippen LogP contribution in [-0.2, 0) is 6.54 Å². The quantitative estimate of drug-likeness (QED) is 0.820. The Bertz CT molecular complexity index is 451. The standard InChI is InChI=1S/C14H21BrN2O/c1-4-16-9-11(15)8-12(16)13(18)17-7-5-6-14(2,3)10-17/h8-9H,4-7,10H2,1-3H3. The number of rotatable bonds is 2. The highest BCUT2D eigenvalue weighted by Crippen LogP contribution is 2.29. The summed E-state index contributed by atoms with van der Waals surface area (Å²) in [7, 11) is 0. The summed E-state index contributed by atoms with van der Waals surface area (Å²) < 4.78 is 2.98. The minimum Gasteiger partial charge on any atom is -0.343 e. The Hall–Kier alpha value is -0.770. The Labute approximate surface area is 117 Å². The minimum absolute atomic E-state index is 0.162. The van der Waals surface area contributed by atoms with Crippen molar-refractivity contribution < 1.29 is 4.79 Å². The molecule has 1 saturated heterocycles. The van der Waals surface area contributed by atoms with Crippen molar-refractivity contribution in [2.45, 2.75) is 40.2 Å². The summed E-state index contributed by atoms with van der Waals surface area (Å²) in [5.74, 6) is 0.162. The monoisotopic (exact) mass is 312 g/mol. The van der Waals surface area contributed by atoms with E-state index in [0.717, 1.165) is 36.2 Å². The maximum absolute atomic E-state index is 12.6. The first-order valence-electron chi connectivity index (χ1n) is 6.58. The van der Waals surface area contributed by atoms with Crippen LogP contribution in [0, 0.1) is 5.41 Å². The van der Waals surface area contributed by atoms with Gasteiger partial charge in [0, 0.05) is 30.3 Å². The molecule has 0 saturated carbocycles. The van der Waals surface area contributed by atoms with Gasteiger partial charge in [0.2, 0.25) is 0 Å². The van der Waals surface area contributed by atoms with E-state index in [-0.39, 0.29) is 11.3 Å². The summed E-state index contributed by atoms with van der Waals surface area (Å²) in [4.78, 5) is 14.6. The zero-order valence-corrected chi connectivity index (χ0v) is 13.0. The molecule has 0 radical (unpaired) electrons. The van der Waals surface area contributed by atoms with Crippen molar-refractivity contribution in [2.24, 2.45) is 5.41 Å². The summed E-state index contributed by atoms with van der Waals surface area (Å²) >= 11 is 3.45. The molecule has 1 amide bonds. The lowest BCUT2D eigenvalue weighted by Crippen LogP contribution is -2.44. The summed E-state index contributed by atoms with van der Waals surface area (Å²) in [6.07, 6.45) is 4.28. The molecule has 0 unspecified atom stereocenters. The summed E-state index contributed by atoms with van der Waals surface area (Å²) in [5, 5.41) is 0. The van der Waals surface area contributed by atoms with Crippen molar-refractivity contribution in [2.75, 3.05) is 13.1 Å². The number of aromatic nitrogens is 1. The van der Waals surface area contributed by atoms with E-state index < -0.39 is 0 Å². The Morgan fingerprint density at radius 3 is 2.83 bits per heavy atom. The highest BCUT2D eigenvalue weighted by molar-refractivity contribution is 9.10. The third-order valence-corrected chi connectivity index (χ3v) is 4.04. The van der Waals surface area contributed by atoms with Gasteiger partial charge in [0.25, 0.3) is 5.91 Å². The molecular weight excluding hydrogens is 292 g/mol. The minimum atomic E-state index is 0.162. The first kappa shape index (κ1) is 13.7. The lowest BCUT2D eigenvalue weighted by Gasteiger charge is -2.38. The Morgan fingerprint density at radius 1 is 1.50 bits per heavy atom. The van der Waals surface area contributed by atoms with Crippen molar-refractivity contribution in [3.8, 4) is 0 Å². The van der Waals surface area contributed by atoms with Crippen molar-refractivity contribution in [3.63, 3.8) is 0 Å². The van der Waals surface area contributed by atoms with Crippen LogP contribution < -0.4 is 0 Å². The van der Waals surface area contributed by atoms with E-state index in [1.165, 1.54) is 6.42 Å². The topological polar surface area (TPSA) is 25.2 Å². The second-order valence-electron chi connectivity index (χ2n) is 5.82. The fourth-order valence-electron chi connectivity index (χ4n) is 2.67. The number of hydrogen-bond donors (Lipinski definition) is 0. The molecule has 18 heavy (non-hydrogen) atoms. The lowest BCUT2D eigenvalue weighted by molar-refractivity contribution is 0.0573. The van der Waals surface area contributed by atoms with Gasteiger partial charge in [0.1, 0.15) is 5.69 Å².